The summed E-state index contributed by atoms with van der Waals surface area (Å²) in [5.41, 5.74) is 5.79. The van der Waals surface area contributed by atoms with Crippen LogP contribution in [0, 0.1) is 0 Å². The van der Waals surface area contributed by atoms with Crippen molar-refractivity contribution in [1.29, 1.82) is 0 Å². The molecule has 1 amide bonds. The maximum absolute atomic E-state index is 12.8. The fourth-order valence-electron chi connectivity index (χ4n) is 2.32. The van der Waals surface area contributed by atoms with Crippen molar-refractivity contribution in [2.24, 2.45) is 5.73 Å². The molecule has 0 bridgehead atoms. The van der Waals surface area contributed by atoms with Crippen LogP contribution in [0.25, 0.3) is 0 Å². The van der Waals surface area contributed by atoms with Crippen LogP contribution in [0.5, 0.6) is 0 Å². The number of nitrogens with two attached hydrogens (primary N) is 1. The molecule has 0 unspecified atom stereocenters. The lowest BCUT2D eigenvalue weighted by molar-refractivity contribution is -0.137. The minimum absolute atomic E-state index is 0.432. The van der Waals surface area contributed by atoms with Crippen molar-refractivity contribution in [2.75, 3.05) is 0 Å². The van der Waals surface area contributed by atoms with Crippen molar-refractivity contribution in [1.82, 2.24) is 5.32 Å². The summed E-state index contributed by atoms with van der Waals surface area (Å²) in [4.78, 5) is 11.7. The molecule has 0 aliphatic carbocycles. The second kappa shape index (κ2) is 6.83. The maximum Gasteiger partial charge on any atom is 0.416 e. The number of halogens is 3. The molecule has 0 saturated carbocycles. The molecule has 0 fully saturated rings. The molecule has 0 aromatic heterocycles. The Morgan fingerprint density at radius 1 is 1.04 bits per heavy atom. The number of amides is 1. The lowest BCUT2D eigenvalue weighted by atomic mass is 10.0. The lowest BCUT2D eigenvalue weighted by Crippen LogP contribution is -2.35. The van der Waals surface area contributed by atoms with Gasteiger partial charge in [-0.3, -0.25) is 10.1 Å². The van der Waals surface area contributed by atoms with Gasteiger partial charge < -0.3 is 5.73 Å². The highest BCUT2D eigenvalue weighted by atomic mass is 19.4. The Morgan fingerprint density at radius 2 is 1.65 bits per heavy atom. The molecule has 2 rings (SSSR count). The van der Waals surface area contributed by atoms with Crippen molar-refractivity contribution < 1.29 is 18.0 Å². The molecule has 3 nitrogen and oxygen atoms in total. The molecule has 0 aliphatic rings. The Morgan fingerprint density at radius 3 is 2.22 bits per heavy atom. The molecule has 2 atom stereocenters. The van der Waals surface area contributed by atoms with Gasteiger partial charge in [-0.2, -0.15) is 13.2 Å². The van der Waals surface area contributed by atoms with Crippen LogP contribution in [0.1, 0.15) is 35.7 Å². The molecule has 0 saturated heterocycles. The third kappa shape index (κ3) is 4.32. The molecule has 122 valence electrons. The molecule has 3 N–H and O–H groups in total. The van der Waals surface area contributed by atoms with Gasteiger partial charge in [0.25, 0.3) is 0 Å². The zero-order valence-corrected chi connectivity index (χ0v) is 12.5. The number of rotatable bonds is 5. The van der Waals surface area contributed by atoms with E-state index in [2.05, 4.69) is 5.32 Å². The largest absolute Gasteiger partial charge is 0.416 e. The number of carbonyl (C=O) groups is 1. The average Bonchev–Trinajstić information content (AvgIpc) is 2.52. The van der Waals surface area contributed by atoms with Crippen LogP contribution >= 0.6 is 0 Å². The van der Waals surface area contributed by atoms with Gasteiger partial charge in [0.15, 0.2) is 0 Å². The van der Waals surface area contributed by atoms with Crippen molar-refractivity contribution in [3.63, 3.8) is 0 Å². The van der Waals surface area contributed by atoms with E-state index in [0.717, 1.165) is 12.1 Å². The number of hydrogen-bond acceptors (Lipinski definition) is 2. The van der Waals surface area contributed by atoms with E-state index in [4.69, 9.17) is 5.73 Å². The second-order valence-corrected chi connectivity index (χ2v) is 5.26. The summed E-state index contributed by atoms with van der Waals surface area (Å²) in [7, 11) is 0. The van der Waals surface area contributed by atoms with Crippen molar-refractivity contribution in [2.45, 2.75) is 25.2 Å². The van der Waals surface area contributed by atoms with Gasteiger partial charge in [0, 0.05) is 6.04 Å². The predicted octanol–water partition coefficient (Wildman–Crippen LogP) is 3.58. The van der Waals surface area contributed by atoms with E-state index in [-0.39, 0.29) is 0 Å². The zero-order valence-electron chi connectivity index (χ0n) is 12.5. The van der Waals surface area contributed by atoms with Gasteiger partial charge in [-0.15, -0.1) is 0 Å². The predicted molar refractivity (Wildman–Crippen MR) is 81.4 cm³/mol. The molecule has 0 radical (unpaired) electrons. The van der Waals surface area contributed by atoms with E-state index in [1.165, 1.54) is 6.07 Å². The number of carbonyl (C=O) groups excluding carboxylic acids is 1. The van der Waals surface area contributed by atoms with Crippen LogP contribution in [0.3, 0.4) is 0 Å². The Hall–Kier alpha value is -2.34. The normalized spacial score (nSPS) is 14.3. The van der Waals surface area contributed by atoms with Gasteiger partial charge in [-0.1, -0.05) is 42.5 Å². The molecule has 2 aromatic rings. The van der Waals surface area contributed by atoms with Crippen LogP contribution in [0.15, 0.2) is 54.6 Å². The lowest BCUT2D eigenvalue weighted by Gasteiger charge is -2.22. The smallest absolute Gasteiger partial charge is 0.368 e. The highest BCUT2D eigenvalue weighted by Crippen LogP contribution is 2.31. The summed E-state index contributed by atoms with van der Waals surface area (Å²) in [6.07, 6.45) is -4.40. The number of hydrogen-bond donors (Lipinski definition) is 2. The average molecular weight is 322 g/mol. The summed E-state index contributed by atoms with van der Waals surface area (Å²) in [6, 6.07) is 12.6. The first-order valence-electron chi connectivity index (χ1n) is 7.06. The SMILES string of the molecule is C[C@@H](N[C@@H](C(N)=O)c1ccccc1)c1cccc(C(F)(F)F)c1. The van der Waals surface area contributed by atoms with Gasteiger partial charge in [0.1, 0.15) is 6.04 Å². The van der Waals surface area contributed by atoms with E-state index in [9.17, 15) is 18.0 Å². The monoisotopic (exact) mass is 322 g/mol. The van der Waals surface area contributed by atoms with E-state index < -0.39 is 29.7 Å². The number of benzene rings is 2. The van der Waals surface area contributed by atoms with Gasteiger partial charge in [-0.25, -0.2) is 0 Å². The van der Waals surface area contributed by atoms with Crippen molar-refractivity contribution in [3.8, 4) is 0 Å². The highest BCUT2D eigenvalue weighted by Gasteiger charge is 2.31. The van der Waals surface area contributed by atoms with Crippen molar-refractivity contribution >= 4 is 5.91 Å². The second-order valence-electron chi connectivity index (χ2n) is 5.26. The summed E-state index contributed by atoms with van der Waals surface area (Å²) in [5.74, 6) is -0.588. The van der Waals surface area contributed by atoms with Gasteiger partial charge in [0.05, 0.1) is 5.56 Å². The summed E-state index contributed by atoms with van der Waals surface area (Å²) in [5, 5.41) is 2.99. The quantitative estimate of drug-likeness (QED) is 0.884. The first-order chi connectivity index (χ1) is 10.8. The molecule has 0 aliphatic heterocycles. The van der Waals surface area contributed by atoms with Gasteiger partial charge in [-0.05, 0) is 30.2 Å². The zero-order chi connectivity index (χ0) is 17.0. The summed E-state index contributed by atoms with van der Waals surface area (Å²) < 4.78 is 38.4. The van der Waals surface area contributed by atoms with Crippen LogP contribution in [0.4, 0.5) is 13.2 Å². The van der Waals surface area contributed by atoms with E-state index in [0.29, 0.717) is 11.1 Å². The summed E-state index contributed by atoms with van der Waals surface area (Å²) >= 11 is 0. The number of alkyl halides is 3. The van der Waals surface area contributed by atoms with E-state index >= 15 is 0 Å². The van der Waals surface area contributed by atoms with Crippen LogP contribution in [-0.4, -0.2) is 5.91 Å². The minimum Gasteiger partial charge on any atom is -0.368 e. The van der Waals surface area contributed by atoms with Crippen LogP contribution < -0.4 is 11.1 Å². The van der Waals surface area contributed by atoms with Crippen LogP contribution in [-0.2, 0) is 11.0 Å². The topological polar surface area (TPSA) is 55.1 Å². The Labute approximate surface area is 132 Å². The van der Waals surface area contributed by atoms with Crippen LogP contribution in [0.2, 0.25) is 0 Å². The Bertz CT molecular complexity index is 671. The molecular formula is C17H17F3N2O. The molecule has 2 aromatic carbocycles. The molecule has 6 heteroatoms. The van der Waals surface area contributed by atoms with E-state index in [1.807, 2.05) is 0 Å². The Kier molecular flexibility index (Phi) is 5.05. The standard InChI is InChI=1S/C17H17F3N2O/c1-11(13-8-5-9-14(10-13)17(18,19)20)22-15(16(21)23)12-6-3-2-4-7-12/h2-11,15,22H,1H3,(H2,21,23)/t11-,15-/m1/s1. The fraction of sp³-hybridized carbons (Fsp3) is 0.235. The fourth-order valence-corrected chi connectivity index (χ4v) is 2.32. The minimum atomic E-state index is -4.40. The molecular weight excluding hydrogens is 305 g/mol. The van der Waals surface area contributed by atoms with Gasteiger partial charge in [0.2, 0.25) is 5.91 Å². The molecule has 0 heterocycles. The first-order valence-corrected chi connectivity index (χ1v) is 7.06. The summed E-state index contributed by atoms with van der Waals surface area (Å²) in [6.45, 7) is 1.69. The first kappa shape index (κ1) is 17.0. The molecule has 23 heavy (non-hydrogen) atoms. The van der Waals surface area contributed by atoms with Crippen molar-refractivity contribution in [3.05, 3.63) is 71.3 Å². The number of nitrogens with one attached hydrogen (secondary N) is 1. The van der Waals surface area contributed by atoms with E-state index in [1.54, 1.807) is 43.3 Å². The third-order valence-electron chi connectivity index (χ3n) is 3.55. The third-order valence-corrected chi connectivity index (χ3v) is 3.55. The highest BCUT2D eigenvalue weighted by molar-refractivity contribution is 5.81. The number of primary amides is 1. The van der Waals surface area contributed by atoms with Gasteiger partial charge >= 0.3 is 6.18 Å². The Balaban J connectivity index is 2.23. The molecule has 0 spiro atoms. The maximum atomic E-state index is 12.8.